The van der Waals surface area contributed by atoms with E-state index in [0.717, 1.165) is 11.1 Å². The zero-order valence-electron chi connectivity index (χ0n) is 13.0. The van der Waals surface area contributed by atoms with Crippen molar-refractivity contribution in [3.63, 3.8) is 0 Å². The van der Waals surface area contributed by atoms with Crippen molar-refractivity contribution in [2.24, 2.45) is 0 Å². The Hall–Kier alpha value is -2.60. The number of hydrogen-bond donors (Lipinski definition) is 1. The van der Waals surface area contributed by atoms with Crippen molar-refractivity contribution in [2.75, 3.05) is 7.11 Å². The van der Waals surface area contributed by atoms with Crippen molar-refractivity contribution >= 4 is 32.5 Å². The minimum absolute atomic E-state index is 0.0261. The molecule has 0 aromatic heterocycles. The van der Waals surface area contributed by atoms with E-state index in [4.69, 9.17) is 9.47 Å². The Kier molecular flexibility index (Phi) is 6.57. The second kappa shape index (κ2) is 8.88. The van der Waals surface area contributed by atoms with Crippen LogP contribution in [0.4, 0.5) is 4.79 Å². The molecule has 0 heterocycles. The Balaban J connectivity index is 2.11. The number of carbonyl (C=O) groups excluding carboxylic acids is 2. The summed E-state index contributed by atoms with van der Waals surface area (Å²) in [5, 5.41) is 2.43. The molecule has 0 radical (unpaired) electrons. The molecule has 2 aromatic rings. The number of methoxy groups -OCH3 is 1. The number of nitrogens with one attached hydrogen (secondary N) is 1. The number of alkyl carbamates (subject to hydrolysis) is 1. The van der Waals surface area contributed by atoms with Gasteiger partial charge >= 0.3 is 12.1 Å². The Bertz CT molecular complexity index is 729. The summed E-state index contributed by atoms with van der Waals surface area (Å²) in [5.74, 6) is -0.678. The van der Waals surface area contributed by atoms with Gasteiger partial charge in [0.1, 0.15) is 12.3 Å². The molecule has 2 rings (SSSR count). The van der Waals surface area contributed by atoms with Crippen molar-refractivity contribution < 1.29 is 19.1 Å². The molecule has 0 saturated heterocycles. The molecule has 0 aliphatic heterocycles. The fraction of sp³-hybridized carbons (Fsp3) is 0.111. The van der Waals surface area contributed by atoms with Gasteiger partial charge in [-0.2, -0.15) is 0 Å². The van der Waals surface area contributed by atoms with Crippen LogP contribution in [0.2, 0.25) is 0 Å². The highest BCUT2D eigenvalue weighted by atomic mass is 79.9. The molecule has 0 saturated carbocycles. The van der Waals surface area contributed by atoms with Crippen LogP contribution in [0.5, 0.6) is 0 Å². The monoisotopic (exact) mass is 389 g/mol. The molecule has 2 aromatic carbocycles. The quantitative estimate of drug-likeness (QED) is 0.622. The maximum atomic E-state index is 12.0. The Morgan fingerprint density at radius 1 is 1.00 bits per heavy atom. The van der Waals surface area contributed by atoms with E-state index in [2.05, 4.69) is 21.2 Å². The third-order valence-electron chi connectivity index (χ3n) is 3.08. The summed E-state index contributed by atoms with van der Waals surface area (Å²) < 4.78 is 10.3. The van der Waals surface area contributed by atoms with Gasteiger partial charge in [0.25, 0.3) is 0 Å². The lowest BCUT2D eigenvalue weighted by Crippen LogP contribution is -2.29. The van der Waals surface area contributed by atoms with Crippen molar-refractivity contribution in [3.8, 4) is 0 Å². The molecule has 1 N–H and O–H groups in total. The van der Waals surface area contributed by atoms with Gasteiger partial charge in [-0.15, -0.1) is 0 Å². The van der Waals surface area contributed by atoms with Gasteiger partial charge in [0.15, 0.2) is 0 Å². The topological polar surface area (TPSA) is 64.6 Å². The number of ether oxygens (including phenoxy) is 2. The molecule has 0 atom stereocenters. The highest BCUT2D eigenvalue weighted by Crippen LogP contribution is 2.24. The van der Waals surface area contributed by atoms with Crippen LogP contribution in [0.25, 0.3) is 4.48 Å². The highest BCUT2D eigenvalue weighted by molar-refractivity contribution is 9.15. The number of hydrogen-bond acceptors (Lipinski definition) is 4. The van der Waals surface area contributed by atoms with Crippen molar-refractivity contribution in [2.45, 2.75) is 6.61 Å². The average Bonchev–Trinajstić information content (AvgIpc) is 2.65. The fourth-order valence-corrected chi connectivity index (χ4v) is 2.41. The molecule has 0 unspecified atom stereocenters. The number of amides is 1. The number of benzene rings is 2. The smallest absolute Gasteiger partial charge is 0.412 e. The van der Waals surface area contributed by atoms with Gasteiger partial charge in [-0.1, -0.05) is 60.7 Å². The second-order valence-electron chi connectivity index (χ2n) is 4.73. The fourth-order valence-electron chi connectivity index (χ4n) is 1.89. The van der Waals surface area contributed by atoms with Crippen LogP contribution in [0.15, 0.2) is 66.4 Å². The normalized spacial score (nSPS) is 11.2. The third kappa shape index (κ3) is 4.96. The van der Waals surface area contributed by atoms with Crippen LogP contribution in [-0.4, -0.2) is 19.2 Å². The zero-order valence-corrected chi connectivity index (χ0v) is 14.6. The summed E-state index contributed by atoms with van der Waals surface area (Å²) in [7, 11) is 1.24. The van der Waals surface area contributed by atoms with Crippen LogP contribution < -0.4 is 5.32 Å². The molecular formula is C18H16BrNO4. The SMILES string of the molecule is COC(=O)/C(NC(=O)OCc1ccccc1)=C(/Br)c1ccccc1. The number of carbonyl (C=O) groups is 2. The number of rotatable bonds is 5. The standard InChI is InChI=1S/C18H16BrNO4/c1-23-17(21)16(15(19)14-10-6-3-7-11-14)20-18(22)24-12-13-8-4-2-5-9-13/h2-11H,12H2,1H3,(H,20,22)/b16-15-. The molecule has 1 amide bonds. The molecule has 5 nitrogen and oxygen atoms in total. The van der Waals surface area contributed by atoms with E-state index in [1.807, 2.05) is 48.5 Å². The van der Waals surface area contributed by atoms with E-state index < -0.39 is 12.1 Å². The van der Waals surface area contributed by atoms with E-state index in [9.17, 15) is 9.59 Å². The van der Waals surface area contributed by atoms with Gasteiger partial charge < -0.3 is 9.47 Å². The predicted molar refractivity (Wildman–Crippen MR) is 94.1 cm³/mol. The van der Waals surface area contributed by atoms with Gasteiger partial charge in [0.2, 0.25) is 0 Å². The summed E-state index contributed by atoms with van der Waals surface area (Å²) in [6.07, 6.45) is -0.743. The Morgan fingerprint density at radius 3 is 2.17 bits per heavy atom. The van der Waals surface area contributed by atoms with Crippen LogP contribution >= 0.6 is 15.9 Å². The van der Waals surface area contributed by atoms with Crippen molar-refractivity contribution in [1.82, 2.24) is 5.32 Å². The van der Waals surface area contributed by atoms with Gasteiger partial charge in [0, 0.05) is 0 Å². The molecule has 0 aliphatic rings. The van der Waals surface area contributed by atoms with E-state index in [1.165, 1.54) is 7.11 Å². The molecule has 0 fully saturated rings. The second-order valence-corrected chi connectivity index (χ2v) is 5.53. The van der Waals surface area contributed by atoms with Gasteiger partial charge in [0.05, 0.1) is 11.6 Å². The number of esters is 1. The lowest BCUT2D eigenvalue weighted by Gasteiger charge is -2.11. The highest BCUT2D eigenvalue weighted by Gasteiger charge is 2.19. The Morgan fingerprint density at radius 2 is 1.58 bits per heavy atom. The van der Waals surface area contributed by atoms with Crippen molar-refractivity contribution in [1.29, 1.82) is 0 Å². The van der Waals surface area contributed by atoms with Crippen LogP contribution in [0, 0.1) is 0 Å². The van der Waals surface area contributed by atoms with E-state index in [1.54, 1.807) is 12.1 Å². The summed E-state index contributed by atoms with van der Waals surface area (Å²) in [6, 6.07) is 18.3. The maximum absolute atomic E-state index is 12.0. The minimum Gasteiger partial charge on any atom is -0.464 e. The first-order valence-corrected chi connectivity index (χ1v) is 7.92. The van der Waals surface area contributed by atoms with E-state index in [-0.39, 0.29) is 12.3 Å². The summed E-state index contributed by atoms with van der Waals surface area (Å²) >= 11 is 3.33. The third-order valence-corrected chi connectivity index (χ3v) is 3.93. The van der Waals surface area contributed by atoms with Crippen LogP contribution in [0.3, 0.4) is 0 Å². The molecule has 0 spiro atoms. The first kappa shape index (κ1) is 17.7. The maximum Gasteiger partial charge on any atom is 0.412 e. The molecule has 0 bridgehead atoms. The summed E-state index contributed by atoms with van der Waals surface area (Å²) in [4.78, 5) is 23.9. The first-order chi connectivity index (χ1) is 11.6. The molecule has 6 heteroatoms. The lowest BCUT2D eigenvalue weighted by atomic mass is 10.2. The van der Waals surface area contributed by atoms with Crippen LogP contribution in [0.1, 0.15) is 11.1 Å². The number of halogens is 1. The molecular weight excluding hydrogens is 374 g/mol. The first-order valence-electron chi connectivity index (χ1n) is 7.13. The Labute approximate surface area is 148 Å². The average molecular weight is 390 g/mol. The van der Waals surface area contributed by atoms with Gasteiger partial charge in [-0.3, -0.25) is 5.32 Å². The lowest BCUT2D eigenvalue weighted by molar-refractivity contribution is -0.136. The predicted octanol–water partition coefficient (Wildman–Crippen LogP) is 3.85. The zero-order chi connectivity index (χ0) is 17.4. The minimum atomic E-state index is -0.743. The summed E-state index contributed by atoms with van der Waals surface area (Å²) in [6.45, 7) is 0.101. The van der Waals surface area contributed by atoms with E-state index >= 15 is 0 Å². The molecule has 24 heavy (non-hydrogen) atoms. The van der Waals surface area contributed by atoms with Crippen LogP contribution in [-0.2, 0) is 20.9 Å². The van der Waals surface area contributed by atoms with E-state index in [0.29, 0.717) is 4.48 Å². The van der Waals surface area contributed by atoms with Gasteiger partial charge in [-0.05, 0) is 27.1 Å². The molecule has 124 valence electrons. The van der Waals surface area contributed by atoms with Gasteiger partial charge in [-0.25, -0.2) is 9.59 Å². The molecule has 0 aliphatic carbocycles. The largest absolute Gasteiger partial charge is 0.464 e. The summed E-state index contributed by atoms with van der Waals surface area (Å²) in [5.41, 5.74) is 1.54. The van der Waals surface area contributed by atoms with Crippen molar-refractivity contribution in [3.05, 3.63) is 77.5 Å².